The van der Waals surface area contributed by atoms with Crippen LogP contribution in [0.15, 0.2) is 36.5 Å². The zero-order valence-electron chi connectivity index (χ0n) is 14.0. The van der Waals surface area contributed by atoms with Gasteiger partial charge in [0.25, 0.3) is 0 Å². The van der Waals surface area contributed by atoms with Crippen LogP contribution in [0.5, 0.6) is 11.5 Å². The minimum Gasteiger partial charge on any atom is -0.491 e. The fourth-order valence-corrected chi connectivity index (χ4v) is 3.39. The minimum atomic E-state index is -0.0991. The van der Waals surface area contributed by atoms with Crippen molar-refractivity contribution in [1.29, 1.82) is 0 Å². The number of nitrogens with zero attached hydrogens (tertiary/aromatic N) is 2. The molecule has 0 amide bonds. The second kappa shape index (κ2) is 6.34. The Morgan fingerprint density at radius 1 is 1.12 bits per heavy atom. The third-order valence-corrected chi connectivity index (χ3v) is 5.21. The summed E-state index contributed by atoms with van der Waals surface area (Å²) in [7, 11) is 0. The molecule has 0 bridgehead atoms. The number of aromatic nitrogens is 1. The lowest BCUT2D eigenvalue weighted by Gasteiger charge is -2.39. The normalized spacial score (nSPS) is 18.9. The van der Waals surface area contributed by atoms with Crippen molar-refractivity contribution in [2.24, 2.45) is 0 Å². The molecule has 1 fully saturated rings. The van der Waals surface area contributed by atoms with Gasteiger partial charge >= 0.3 is 0 Å². The van der Waals surface area contributed by atoms with Crippen molar-refractivity contribution in [3.8, 4) is 11.5 Å². The Balaban J connectivity index is 1.21. The van der Waals surface area contributed by atoms with Gasteiger partial charge in [-0.15, -0.1) is 0 Å². The van der Waals surface area contributed by atoms with Crippen LogP contribution in [0, 0.1) is 0 Å². The van der Waals surface area contributed by atoms with E-state index in [0.717, 1.165) is 62.1 Å². The van der Waals surface area contributed by atoms with Crippen molar-refractivity contribution in [3.05, 3.63) is 47.2 Å². The van der Waals surface area contributed by atoms with Gasteiger partial charge in [0.2, 0.25) is 0 Å². The van der Waals surface area contributed by atoms with Gasteiger partial charge in [0.15, 0.2) is 0 Å². The molecule has 4 nitrogen and oxygen atoms in total. The van der Waals surface area contributed by atoms with E-state index in [-0.39, 0.29) is 5.60 Å². The molecular formula is C19H23ClN2O2. The lowest BCUT2D eigenvalue weighted by atomic mass is 9.93. The summed E-state index contributed by atoms with van der Waals surface area (Å²) in [5, 5.41) is 0.740. The summed E-state index contributed by atoms with van der Waals surface area (Å²) >= 11 is 5.93. The highest BCUT2D eigenvalue weighted by Gasteiger charge is 2.32. The van der Waals surface area contributed by atoms with Crippen LogP contribution >= 0.6 is 11.6 Å². The molecule has 2 aliphatic rings. The first-order chi connectivity index (χ1) is 11.6. The van der Waals surface area contributed by atoms with Crippen LogP contribution in [0.25, 0.3) is 0 Å². The molecule has 3 heterocycles. The minimum absolute atomic E-state index is 0.0991. The summed E-state index contributed by atoms with van der Waals surface area (Å²) in [5.41, 5.74) is 1.27. The summed E-state index contributed by atoms with van der Waals surface area (Å²) < 4.78 is 14.2. The summed E-state index contributed by atoms with van der Waals surface area (Å²) in [6.07, 6.45) is 4.13. The van der Waals surface area contributed by atoms with Crippen molar-refractivity contribution >= 4 is 11.6 Å². The highest BCUT2D eigenvalue weighted by molar-refractivity contribution is 6.30. The molecule has 0 N–H and O–H groups in total. The van der Waals surface area contributed by atoms with E-state index in [1.165, 1.54) is 5.69 Å². The van der Waals surface area contributed by atoms with Gasteiger partial charge in [-0.1, -0.05) is 11.6 Å². The van der Waals surface area contributed by atoms with Crippen LogP contribution in [0.1, 0.15) is 25.5 Å². The van der Waals surface area contributed by atoms with E-state index >= 15 is 0 Å². The average molecular weight is 347 g/mol. The van der Waals surface area contributed by atoms with Gasteiger partial charge in [0.05, 0.1) is 6.54 Å². The fraction of sp³-hybridized carbons (Fsp3) is 0.474. The molecule has 4 rings (SSSR count). The highest BCUT2D eigenvalue weighted by Crippen LogP contribution is 2.29. The number of likely N-dealkylation sites (tertiary alicyclic amines) is 1. The molecule has 0 spiro atoms. The molecule has 128 valence electrons. The Morgan fingerprint density at radius 2 is 1.88 bits per heavy atom. The molecule has 1 aromatic carbocycles. The van der Waals surface area contributed by atoms with Crippen molar-refractivity contribution in [3.63, 3.8) is 0 Å². The predicted molar refractivity (Wildman–Crippen MR) is 95.2 cm³/mol. The second-order valence-electron chi connectivity index (χ2n) is 6.99. The number of piperidine rings is 1. The van der Waals surface area contributed by atoms with Crippen LogP contribution in [-0.4, -0.2) is 41.3 Å². The topological polar surface area (TPSA) is 26.6 Å². The van der Waals surface area contributed by atoms with Crippen LogP contribution in [0.2, 0.25) is 5.02 Å². The van der Waals surface area contributed by atoms with E-state index in [9.17, 15) is 0 Å². The maximum atomic E-state index is 6.21. The number of ether oxygens (including phenoxy) is 2. The molecule has 5 heteroatoms. The van der Waals surface area contributed by atoms with Crippen molar-refractivity contribution in [2.75, 3.05) is 26.2 Å². The summed E-state index contributed by atoms with van der Waals surface area (Å²) in [4.78, 5) is 2.46. The van der Waals surface area contributed by atoms with Gasteiger partial charge < -0.3 is 14.0 Å². The number of hydrogen-bond donors (Lipinski definition) is 0. The first-order valence-corrected chi connectivity index (χ1v) is 8.96. The van der Waals surface area contributed by atoms with E-state index < -0.39 is 0 Å². The molecule has 0 atom stereocenters. The number of hydrogen-bond acceptors (Lipinski definition) is 3. The zero-order chi connectivity index (χ0) is 16.6. The monoisotopic (exact) mass is 346 g/mol. The Hall–Kier alpha value is -1.65. The number of rotatable bonds is 6. The first-order valence-electron chi connectivity index (χ1n) is 8.58. The third-order valence-electron chi connectivity index (χ3n) is 4.96. The molecular weight excluding hydrogens is 324 g/mol. The van der Waals surface area contributed by atoms with Crippen molar-refractivity contribution in [2.45, 2.75) is 31.9 Å². The van der Waals surface area contributed by atoms with Crippen molar-refractivity contribution < 1.29 is 9.47 Å². The Bertz CT molecular complexity index is 683. The Morgan fingerprint density at radius 3 is 2.54 bits per heavy atom. The maximum absolute atomic E-state index is 6.21. The molecule has 1 saturated heterocycles. The van der Waals surface area contributed by atoms with Crippen LogP contribution in [0.4, 0.5) is 0 Å². The fourth-order valence-electron chi connectivity index (χ4n) is 3.26. The van der Waals surface area contributed by atoms with Crippen LogP contribution in [-0.2, 0) is 6.54 Å². The third kappa shape index (κ3) is 3.70. The quantitative estimate of drug-likeness (QED) is 0.679. The molecule has 0 unspecified atom stereocenters. The SMILES string of the molecule is CC1(Oc2ccc(Cl)cc2)CCN(CCOc2cc3n(c2)C3)CC1. The first kappa shape index (κ1) is 15.9. The van der Waals surface area contributed by atoms with E-state index in [1.54, 1.807) is 0 Å². The van der Waals surface area contributed by atoms with E-state index in [4.69, 9.17) is 21.1 Å². The molecule has 0 radical (unpaired) electrons. The molecule has 1 aromatic heterocycles. The molecule has 0 saturated carbocycles. The zero-order valence-corrected chi connectivity index (χ0v) is 14.8. The van der Waals surface area contributed by atoms with Gasteiger partial charge in [-0.05, 0) is 44.0 Å². The second-order valence-corrected chi connectivity index (χ2v) is 7.43. The smallest absolute Gasteiger partial charge is 0.137 e. The van der Waals surface area contributed by atoms with E-state index in [0.29, 0.717) is 0 Å². The molecule has 0 aliphatic carbocycles. The van der Waals surface area contributed by atoms with Gasteiger partial charge in [0, 0.05) is 42.6 Å². The largest absolute Gasteiger partial charge is 0.491 e. The average Bonchev–Trinajstić information content (AvgIpc) is 3.18. The van der Waals surface area contributed by atoms with E-state index in [1.807, 2.05) is 24.3 Å². The lowest BCUT2D eigenvalue weighted by molar-refractivity contribution is 0.0135. The predicted octanol–water partition coefficient (Wildman–Crippen LogP) is 3.82. The lowest BCUT2D eigenvalue weighted by Crippen LogP contribution is -2.47. The molecule has 24 heavy (non-hydrogen) atoms. The molecule has 2 aromatic rings. The van der Waals surface area contributed by atoms with Crippen LogP contribution in [0.3, 0.4) is 0 Å². The van der Waals surface area contributed by atoms with E-state index in [2.05, 4.69) is 28.7 Å². The summed E-state index contributed by atoms with van der Waals surface area (Å²) in [6, 6.07) is 9.77. The van der Waals surface area contributed by atoms with Crippen molar-refractivity contribution in [1.82, 2.24) is 9.47 Å². The standard InChI is InChI=1S/C19H23ClN2O2/c1-19(24-17-4-2-15(20)3-5-17)6-8-21(9-7-19)10-11-23-18-12-16-13-22(16)14-18/h2-5,12,14H,6-11,13H2,1H3. The Labute approximate surface area is 147 Å². The molecule has 2 aliphatic heterocycles. The van der Waals surface area contributed by atoms with Gasteiger partial charge in [-0.25, -0.2) is 0 Å². The van der Waals surface area contributed by atoms with Gasteiger partial charge in [-0.3, -0.25) is 4.90 Å². The Kier molecular flexibility index (Phi) is 4.19. The van der Waals surface area contributed by atoms with Gasteiger partial charge in [-0.2, -0.15) is 0 Å². The summed E-state index contributed by atoms with van der Waals surface area (Å²) in [5.74, 6) is 1.90. The maximum Gasteiger partial charge on any atom is 0.137 e. The van der Waals surface area contributed by atoms with Crippen LogP contribution < -0.4 is 9.47 Å². The number of benzene rings is 1. The number of halogens is 1. The number of fused-ring (bicyclic) bond motifs is 1. The highest BCUT2D eigenvalue weighted by atomic mass is 35.5. The summed E-state index contributed by atoms with van der Waals surface area (Å²) in [6.45, 7) is 7.09. The van der Waals surface area contributed by atoms with Gasteiger partial charge in [0.1, 0.15) is 23.7 Å².